The predicted molar refractivity (Wildman–Crippen MR) is 115 cm³/mol. The van der Waals surface area contributed by atoms with Crippen LogP contribution < -0.4 is 4.74 Å². The summed E-state index contributed by atoms with van der Waals surface area (Å²) >= 11 is 0. The molecule has 5 heteroatoms. The first-order valence-electron chi connectivity index (χ1n) is 10.4. The molecule has 4 rings (SSSR count). The quantitative estimate of drug-likeness (QED) is 0.593. The van der Waals surface area contributed by atoms with E-state index in [-0.39, 0.29) is 24.1 Å². The fourth-order valence-electron chi connectivity index (χ4n) is 4.03. The van der Waals surface area contributed by atoms with Gasteiger partial charge in [-0.3, -0.25) is 4.79 Å². The minimum absolute atomic E-state index is 0.0438. The Morgan fingerprint density at radius 2 is 1.73 bits per heavy atom. The minimum atomic E-state index is -0.596. The van der Waals surface area contributed by atoms with Crippen LogP contribution in [0.2, 0.25) is 0 Å². The highest BCUT2D eigenvalue weighted by molar-refractivity contribution is 5.97. The van der Waals surface area contributed by atoms with E-state index in [2.05, 4.69) is 11.0 Å². The number of rotatable bonds is 7. The predicted octanol–water partition coefficient (Wildman–Crippen LogP) is 4.31. The van der Waals surface area contributed by atoms with Gasteiger partial charge in [0, 0.05) is 18.0 Å². The number of likely N-dealkylation sites (tertiary alicyclic amines) is 1. The summed E-state index contributed by atoms with van der Waals surface area (Å²) < 4.78 is 18.8. The Morgan fingerprint density at radius 3 is 2.47 bits per heavy atom. The lowest BCUT2D eigenvalue weighted by Crippen LogP contribution is -2.42. The first-order chi connectivity index (χ1) is 14.6. The molecule has 0 amide bonds. The highest BCUT2D eigenvalue weighted by atomic mass is 19.1. The number of halogens is 1. The number of β-amino-alcohol motifs (C(OH)–C–C–N with tert-alkyl or cyclic N) is 1. The van der Waals surface area contributed by atoms with E-state index < -0.39 is 6.10 Å². The van der Waals surface area contributed by atoms with Crippen LogP contribution in [0.4, 0.5) is 4.39 Å². The number of aliphatic hydroxyl groups excluding tert-OH is 1. The number of carbonyl (C=O) groups is 1. The van der Waals surface area contributed by atoms with Gasteiger partial charge >= 0.3 is 0 Å². The van der Waals surface area contributed by atoms with Crippen molar-refractivity contribution in [2.24, 2.45) is 5.92 Å². The summed E-state index contributed by atoms with van der Waals surface area (Å²) in [7, 11) is 0. The third kappa shape index (κ3) is 5.04. The molecule has 1 heterocycles. The van der Waals surface area contributed by atoms with E-state index in [0.717, 1.165) is 42.5 Å². The van der Waals surface area contributed by atoms with Crippen molar-refractivity contribution in [3.8, 4) is 5.75 Å². The lowest BCUT2D eigenvalue weighted by atomic mass is 9.89. The second-order valence-electron chi connectivity index (χ2n) is 7.92. The maximum absolute atomic E-state index is 13.1. The number of ether oxygens (including phenoxy) is 1. The summed E-state index contributed by atoms with van der Waals surface area (Å²) in [5.41, 5.74) is 0.568. The van der Waals surface area contributed by atoms with Crippen LogP contribution in [0.5, 0.6) is 5.75 Å². The Morgan fingerprint density at radius 1 is 1.03 bits per heavy atom. The molecule has 3 aromatic carbocycles. The topological polar surface area (TPSA) is 49.8 Å². The Bertz CT molecular complexity index is 997. The second kappa shape index (κ2) is 9.37. The summed E-state index contributed by atoms with van der Waals surface area (Å²) in [6.45, 7) is 2.26. The van der Waals surface area contributed by atoms with E-state index in [0.29, 0.717) is 12.1 Å². The van der Waals surface area contributed by atoms with Crippen molar-refractivity contribution in [2.75, 3.05) is 26.2 Å². The Labute approximate surface area is 175 Å². The minimum Gasteiger partial charge on any atom is -0.491 e. The molecule has 1 fully saturated rings. The van der Waals surface area contributed by atoms with E-state index in [1.54, 1.807) is 12.1 Å². The molecule has 0 radical (unpaired) electrons. The molecule has 1 aliphatic rings. The van der Waals surface area contributed by atoms with Crippen molar-refractivity contribution in [1.29, 1.82) is 0 Å². The molecule has 1 N–H and O–H groups in total. The van der Waals surface area contributed by atoms with E-state index in [1.165, 1.54) is 12.1 Å². The van der Waals surface area contributed by atoms with Gasteiger partial charge in [0.05, 0.1) is 0 Å². The molecule has 3 aromatic rings. The number of hydrogen-bond donors (Lipinski definition) is 1. The standard InChI is InChI=1S/C25H26FNO3/c26-22-8-5-19(6-9-22)25(29)20-11-13-27(14-12-20)16-23(28)17-30-24-10-7-18-3-1-2-4-21(18)15-24/h1-10,15,20,23,28H,11-14,16-17H2. The van der Waals surface area contributed by atoms with Gasteiger partial charge in [0.2, 0.25) is 0 Å². The van der Waals surface area contributed by atoms with Crippen LogP contribution in [0.1, 0.15) is 23.2 Å². The molecule has 1 aliphatic heterocycles. The number of aliphatic hydroxyl groups is 1. The van der Waals surface area contributed by atoms with Crippen LogP contribution in [-0.2, 0) is 0 Å². The van der Waals surface area contributed by atoms with E-state index in [1.807, 2.05) is 36.4 Å². The molecule has 30 heavy (non-hydrogen) atoms. The number of fused-ring (bicyclic) bond motifs is 1. The van der Waals surface area contributed by atoms with Crippen LogP contribution in [0, 0.1) is 11.7 Å². The molecular weight excluding hydrogens is 381 g/mol. The molecule has 1 atom stereocenters. The maximum Gasteiger partial charge on any atom is 0.166 e. The Hall–Kier alpha value is -2.76. The van der Waals surface area contributed by atoms with Gasteiger partial charge in [-0.15, -0.1) is 0 Å². The summed E-state index contributed by atoms with van der Waals surface area (Å²) in [5.74, 6) is 0.449. The fraction of sp³-hybridized carbons (Fsp3) is 0.320. The SMILES string of the molecule is O=C(c1ccc(F)cc1)C1CCN(CC(O)COc2ccc3ccccc3c2)CC1. The number of Topliss-reactive ketones (excluding diaryl/α,β-unsaturated/α-hetero) is 1. The molecule has 1 unspecified atom stereocenters. The average Bonchev–Trinajstić information content (AvgIpc) is 2.78. The number of ketones is 1. The van der Waals surface area contributed by atoms with Gasteiger partial charge in [0.15, 0.2) is 5.78 Å². The number of piperidine rings is 1. The van der Waals surface area contributed by atoms with Crippen molar-refractivity contribution in [1.82, 2.24) is 4.90 Å². The fourth-order valence-corrected chi connectivity index (χ4v) is 4.03. The molecule has 0 aromatic heterocycles. The number of benzene rings is 3. The van der Waals surface area contributed by atoms with Crippen molar-refractivity contribution < 1.29 is 19.0 Å². The number of hydrogen-bond acceptors (Lipinski definition) is 4. The molecule has 0 saturated carbocycles. The van der Waals surface area contributed by atoms with Gasteiger partial charge in [-0.1, -0.05) is 30.3 Å². The second-order valence-corrected chi connectivity index (χ2v) is 7.92. The summed E-state index contributed by atoms with van der Waals surface area (Å²) in [4.78, 5) is 14.8. The normalized spacial score (nSPS) is 16.5. The van der Waals surface area contributed by atoms with Crippen LogP contribution >= 0.6 is 0 Å². The summed E-state index contributed by atoms with van der Waals surface area (Å²) in [6.07, 6.45) is 0.893. The maximum atomic E-state index is 13.1. The Balaban J connectivity index is 1.23. The lowest BCUT2D eigenvalue weighted by Gasteiger charge is -2.32. The van der Waals surface area contributed by atoms with Crippen LogP contribution in [0.25, 0.3) is 10.8 Å². The Kier molecular flexibility index (Phi) is 6.41. The van der Waals surface area contributed by atoms with Crippen LogP contribution in [-0.4, -0.2) is 48.1 Å². The van der Waals surface area contributed by atoms with E-state index in [4.69, 9.17) is 4.74 Å². The third-order valence-corrected chi connectivity index (χ3v) is 5.72. The average molecular weight is 407 g/mol. The monoisotopic (exact) mass is 407 g/mol. The number of carbonyl (C=O) groups excluding carboxylic acids is 1. The zero-order valence-corrected chi connectivity index (χ0v) is 16.8. The molecule has 0 spiro atoms. The van der Waals surface area contributed by atoms with Gasteiger partial charge < -0.3 is 14.7 Å². The lowest BCUT2D eigenvalue weighted by molar-refractivity contribution is 0.0524. The molecule has 156 valence electrons. The van der Waals surface area contributed by atoms with Crippen molar-refractivity contribution in [3.05, 3.63) is 78.1 Å². The first-order valence-corrected chi connectivity index (χ1v) is 10.4. The van der Waals surface area contributed by atoms with Crippen molar-refractivity contribution in [2.45, 2.75) is 18.9 Å². The van der Waals surface area contributed by atoms with Gasteiger partial charge in [-0.05, 0) is 73.1 Å². The zero-order valence-electron chi connectivity index (χ0n) is 16.8. The van der Waals surface area contributed by atoms with E-state index in [9.17, 15) is 14.3 Å². The van der Waals surface area contributed by atoms with Crippen molar-refractivity contribution in [3.63, 3.8) is 0 Å². The summed E-state index contributed by atoms with van der Waals surface area (Å²) in [6, 6.07) is 19.8. The van der Waals surface area contributed by atoms with Crippen LogP contribution in [0.3, 0.4) is 0 Å². The molecule has 4 nitrogen and oxygen atoms in total. The van der Waals surface area contributed by atoms with E-state index >= 15 is 0 Å². The molecule has 0 aliphatic carbocycles. The van der Waals surface area contributed by atoms with Gasteiger partial charge in [0.25, 0.3) is 0 Å². The zero-order chi connectivity index (χ0) is 20.9. The first kappa shape index (κ1) is 20.5. The smallest absolute Gasteiger partial charge is 0.166 e. The van der Waals surface area contributed by atoms with Gasteiger partial charge in [0.1, 0.15) is 24.3 Å². The summed E-state index contributed by atoms with van der Waals surface area (Å²) in [5, 5.41) is 12.7. The number of nitrogens with zero attached hydrogens (tertiary/aromatic N) is 1. The van der Waals surface area contributed by atoms with Gasteiger partial charge in [-0.2, -0.15) is 0 Å². The highest BCUT2D eigenvalue weighted by Crippen LogP contribution is 2.23. The highest BCUT2D eigenvalue weighted by Gasteiger charge is 2.26. The molecular formula is C25H26FNO3. The largest absolute Gasteiger partial charge is 0.491 e. The van der Waals surface area contributed by atoms with Crippen LogP contribution in [0.15, 0.2) is 66.7 Å². The molecule has 1 saturated heterocycles. The third-order valence-electron chi connectivity index (χ3n) is 5.72. The van der Waals surface area contributed by atoms with Crippen molar-refractivity contribution >= 4 is 16.6 Å². The van der Waals surface area contributed by atoms with Gasteiger partial charge in [-0.25, -0.2) is 4.39 Å². The molecule has 0 bridgehead atoms.